The SMILES string of the molecule is CCN1CCN(c2cncc(C(=O)O)n2)CC1C. The molecule has 2 heterocycles. The van der Waals surface area contributed by atoms with E-state index in [4.69, 9.17) is 5.11 Å². The number of rotatable bonds is 3. The molecule has 6 nitrogen and oxygen atoms in total. The zero-order chi connectivity index (χ0) is 13.1. The molecule has 0 aromatic carbocycles. The molecule has 0 aliphatic carbocycles. The van der Waals surface area contributed by atoms with Crippen molar-refractivity contribution in [1.82, 2.24) is 14.9 Å². The molecule has 0 spiro atoms. The normalized spacial score (nSPS) is 21.0. The predicted octanol–water partition coefficient (Wildman–Crippen LogP) is 0.705. The van der Waals surface area contributed by atoms with Gasteiger partial charge in [0, 0.05) is 25.7 Å². The molecule has 1 N–H and O–H groups in total. The quantitative estimate of drug-likeness (QED) is 0.852. The third-order valence-electron chi connectivity index (χ3n) is 3.34. The largest absolute Gasteiger partial charge is 0.476 e. The van der Waals surface area contributed by atoms with Crippen LogP contribution in [0.2, 0.25) is 0 Å². The van der Waals surface area contributed by atoms with Crippen molar-refractivity contribution in [3.8, 4) is 0 Å². The molecule has 1 fully saturated rings. The number of aromatic carboxylic acids is 1. The van der Waals surface area contributed by atoms with E-state index in [0.717, 1.165) is 26.2 Å². The lowest BCUT2D eigenvalue weighted by molar-refractivity contribution is 0.0690. The standard InChI is InChI=1S/C12H18N4O2/c1-3-15-4-5-16(8-9(15)2)11-7-13-6-10(14-11)12(17)18/h6-7,9H,3-5,8H2,1-2H3,(H,17,18). The molecule has 1 aliphatic rings. The van der Waals surface area contributed by atoms with Gasteiger partial charge in [0.25, 0.3) is 0 Å². The van der Waals surface area contributed by atoms with Gasteiger partial charge in [0.05, 0.1) is 12.4 Å². The molecular weight excluding hydrogens is 232 g/mol. The average molecular weight is 250 g/mol. The zero-order valence-electron chi connectivity index (χ0n) is 10.7. The van der Waals surface area contributed by atoms with E-state index in [0.29, 0.717) is 11.9 Å². The van der Waals surface area contributed by atoms with Gasteiger partial charge in [-0.25, -0.2) is 9.78 Å². The first-order valence-corrected chi connectivity index (χ1v) is 6.16. The Morgan fingerprint density at radius 1 is 1.50 bits per heavy atom. The van der Waals surface area contributed by atoms with Crippen LogP contribution < -0.4 is 4.90 Å². The van der Waals surface area contributed by atoms with Crippen LogP contribution in [-0.4, -0.2) is 58.2 Å². The smallest absolute Gasteiger partial charge is 0.356 e. The minimum atomic E-state index is -1.04. The van der Waals surface area contributed by atoms with E-state index in [2.05, 4.69) is 33.6 Å². The number of hydrogen-bond acceptors (Lipinski definition) is 5. The van der Waals surface area contributed by atoms with Gasteiger partial charge in [-0.05, 0) is 13.5 Å². The minimum absolute atomic E-state index is 0.00178. The molecule has 1 unspecified atom stereocenters. The number of carbonyl (C=O) groups is 1. The molecule has 98 valence electrons. The van der Waals surface area contributed by atoms with E-state index in [1.165, 1.54) is 6.20 Å². The maximum atomic E-state index is 10.9. The van der Waals surface area contributed by atoms with Crippen molar-refractivity contribution in [2.24, 2.45) is 0 Å². The van der Waals surface area contributed by atoms with E-state index in [1.54, 1.807) is 6.20 Å². The Bertz CT molecular complexity index is 438. The van der Waals surface area contributed by atoms with Crippen molar-refractivity contribution < 1.29 is 9.90 Å². The third kappa shape index (κ3) is 2.59. The Morgan fingerprint density at radius 3 is 2.89 bits per heavy atom. The number of carboxylic acid groups (broad SMARTS) is 1. The summed E-state index contributed by atoms with van der Waals surface area (Å²) in [5.41, 5.74) is -0.00178. The van der Waals surface area contributed by atoms with Crippen molar-refractivity contribution >= 4 is 11.8 Å². The van der Waals surface area contributed by atoms with Gasteiger partial charge in [-0.2, -0.15) is 0 Å². The Labute approximate surface area is 106 Å². The molecule has 0 bridgehead atoms. The highest BCUT2D eigenvalue weighted by Gasteiger charge is 2.23. The number of carboxylic acids is 1. The maximum Gasteiger partial charge on any atom is 0.356 e. The van der Waals surface area contributed by atoms with E-state index >= 15 is 0 Å². The summed E-state index contributed by atoms with van der Waals surface area (Å²) in [6.45, 7) is 8.04. The van der Waals surface area contributed by atoms with Gasteiger partial charge in [-0.15, -0.1) is 0 Å². The summed E-state index contributed by atoms with van der Waals surface area (Å²) in [6, 6.07) is 0.444. The van der Waals surface area contributed by atoms with Crippen LogP contribution in [0.15, 0.2) is 12.4 Å². The molecule has 0 amide bonds. The lowest BCUT2D eigenvalue weighted by atomic mass is 10.2. The topological polar surface area (TPSA) is 69.6 Å². The van der Waals surface area contributed by atoms with Crippen molar-refractivity contribution in [2.75, 3.05) is 31.1 Å². The van der Waals surface area contributed by atoms with Gasteiger partial charge in [-0.3, -0.25) is 9.88 Å². The van der Waals surface area contributed by atoms with Crippen LogP contribution in [0.1, 0.15) is 24.3 Å². The molecule has 1 atom stereocenters. The highest BCUT2D eigenvalue weighted by Crippen LogP contribution is 2.16. The zero-order valence-corrected chi connectivity index (χ0v) is 10.7. The van der Waals surface area contributed by atoms with Crippen LogP contribution >= 0.6 is 0 Å². The summed E-state index contributed by atoms with van der Waals surface area (Å²) in [5.74, 6) is -0.387. The highest BCUT2D eigenvalue weighted by atomic mass is 16.4. The first kappa shape index (κ1) is 12.8. The first-order chi connectivity index (χ1) is 8.61. The molecule has 1 saturated heterocycles. The van der Waals surface area contributed by atoms with Gasteiger partial charge in [0.2, 0.25) is 0 Å². The number of hydrogen-bond donors (Lipinski definition) is 1. The summed E-state index contributed by atoms with van der Waals surface area (Å²) in [4.78, 5) is 23.4. The molecular formula is C12H18N4O2. The van der Waals surface area contributed by atoms with Crippen LogP contribution in [0.25, 0.3) is 0 Å². The fourth-order valence-electron chi connectivity index (χ4n) is 2.28. The maximum absolute atomic E-state index is 10.9. The Balaban J connectivity index is 2.13. The summed E-state index contributed by atoms with van der Waals surface area (Å²) >= 11 is 0. The number of piperazine rings is 1. The van der Waals surface area contributed by atoms with Crippen molar-refractivity contribution in [3.63, 3.8) is 0 Å². The second kappa shape index (κ2) is 5.30. The Morgan fingerprint density at radius 2 is 2.28 bits per heavy atom. The Kier molecular flexibility index (Phi) is 3.76. The second-order valence-corrected chi connectivity index (χ2v) is 4.49. The fraction of sp³-hybridized carbons (Fsp3) is 0.583. The monoisotopic (exact) mass is 250 g/mol. The summed E-state index contributed by atoms with van der Waals surface area (Å²) in [5, 5.41) is 8.91. The van der Waals surface area contributed by atoms with Gasteiger partial charge < -0.3 is 10.0 Å². The van der Waals surface area contributed by atoms with E-state index in [9.17, 15) is 4.79 Å². The predicted molar refractivity (Wildman–Crippen MR) is 67.9 cm³/mol. The van der Waals surface area contributed by atoms with Crippen LogP contribution in [0.4, 0.5) is 5.82 Å². The second-order valence-electron chi connectivity index (χ2n) is 4.49. The molecule has 1 aliphatic heterocycles. The van der Waals surface area contributed by atoms with E-state index < -0.39 is 5.97 Å². The fourth-order valence-corrected chi connectivity index (χ4v) is 2.28. The molecule has 0 saturated carbocycles. The van der Waals surface area contributed by atoms with Crippen LogP contribution in [0.5, 0.6) is 0 Å². The van der Waals surface area contributed by atoms with Crippen LogP contribution in [0.3, 0.4) is 0 Å². The third-order valence-corrected chi connectivity index (χ3v) is 3.34. The molecule has 0 radical (unpaired) electrons. The van der Waals surface area contributed by atoms with Gasteiger partial charge in [-0.1, -0.05) is 6.92 Å². The Hall–Kier alpha value is -1.69. The van der Waals surface area contributed by atoms with Gasteiger partial charge in [0.15, 0.2) is 5.69 Å². The highest BCUT2D eigenvalue weighted by molar-refractivity contribution is 5.85. The lowest BCUT2D eigenvalue weighted by Crippen LogP contribution is -2.52. The summed E-state index contributed by atoms with van der Waals surface area (Å²) in [6.07, 6.45) is 2.90. The van der Waals surface area contributed by atoms with Crippen molar-refractivity contribution in [2.45, 2.75) is 19.9 Å². The number of nitrogens with zero attached hydrogens (tertiary/aromatic N) is 4. The lowest BCUT2D eigenvalue weighted by Gasteiger charge is -2.39. The number of likely N-dealkylation sites (N-methyl/N-ethyl adjacent to an activating group) is 1. The average Bonchev–Trinajstić information content (AvgIpc) is 2.38. The van der Waals surface area contributed by atoms with Crippen LogP contribution in [0, 0.1) is 0 Å². The minimum Gasteiger partial charge on any atom is -0.476 e. The first-order valence-electron chi connectivity index (χ1n) is 6.16. The number of anilines is 1. The molecule has 18 heavy (non-hydrogen) atoms. The molecule has 1 aromatic rings. The number of aromatic nitrogens is 2. The van der Waals surface area contributed by atoms with Crippen molar-refractivity contribution in [3.05, 3.63) is 18.1 Å². The van der Waals surface area contributed by atoms with Gasteiger partial charge in [0.1, 0.15) is 5.82 Å². The summed E-state index contributed by atoms with van der Waals surface area (Å²) < 4.78 is 0. The molecule has 1 aromatic heterocycles. The van der Waals surface area contributed by atoms with E-state index in [-0.39, 0.29) is 5.69 Å². The van der Waals surface area contributed by atoms with Crippen LogP contribution in [-0.2, 0) is 0 Å². The van der Waals surface area contributed by atoms with E-state index in [1.807, 2.05) is 0 Å². The molecule has 6 heteroatoms. The summed E-state index contributed by atoms with van der Waals surface area (Å²) in [7, 11) is 0. The molecule has 2 rings (SSSR count). The van der Waals surface area contributed by atoms with Gasteiger partial charge >= 0.3 is 5.97 Å². The van der Waals surface area contributed by atoms with Crippen molar-refractivity contribution in [1.29, 1.82) is 0 Å².